The lowest BCUT2D eigenvalue weighted by Crippen LogP contribution is -2.41. The highest BCUT2D eigenvalue weighted by atomic mass is 16.7. The van der Waals surface area contributed by atoms with Crippen LogP contribution in [0.5, 0.6) is 5.75 Å². The van der Waals surface area contributed by atoms with Crippen LogP contribution in [0.15, 0.2) is 41.9 Å². The minimum atomic E-state index is -0.302. The Morgan fingerprint density at radius 2 is 1.68 bits per heavy atom. The van der Waals surface area contributed by atoms with Crippen LogP contribution in [0.2, 0.25) is 0 Å². The first-order valence-corrected chi connectivity index (χ1v) is 9.16. The van der Waals surface area contributed by atoms with Crippen LogP contribution in [0.4, 0.5) is 0 Å². The number of methoxy groups -OCH3 is 1. The molecule has 3 nitrogen and oxygen atoms in total. The van der Waals surface area contributed by atoms with Gasteiger partial charge in [-0.1, -0.05) is 49.2 Å². The summed E-state index contributed by atoms with van der Waals surface area (Å²) in [6.45, 7) is 10.5. The topological polar surface area (TPSA) is 27.7 Å². The molecular formula is C21H31BO3. The van der Waals surface area contributed by atoms with Crippen molar-refractivity contribution in [3.05, 3.63) is 47.5 Å². The second-order valence-electron chi connectivity index (χ2n) is 7.58. The number of allylic oxidation sites excluding steroid dienone is 2. The largest absolute Gasteiger partial charge is 0.497 e. The summed E-state index contributed by atoms with van der Waals surface area (Å²) in [5.41, 5.74) is 1.79. The van der Waals surface area contributed by atoms with Gasteiger partial charge in [0, 0.05) is 0 Å². The summed E-state index contributed by atoms with van der Waals surface area (Å²) in [7, 11) is 1.39. The molecule has 25 heavy (non-hydrogen) atoms. The van der Waals surface area contributed by atoms with E-state index in [-0.39, 0.29) is 18.3 Å². The van der Waals surface area contributed by atoms with E-state index in [1.54, 1.807) is 7.11 Å². The summed E-state index contributed by atoms with van der Waals surface area (Å²) in [6.07, 6.45) is 7.64. The molecule has 4 heteroatoms. The van der Waals surface area contributed by atoms with Gasteiger partial charge in [-0.3, -0.25) is 0 Å². The maximum Gasteiger partial charge on any atom is 0.487 e. The van der Waals surface area contributed by atoms with E-state index in [0.29, 0.717) is 0 Å². The lowest BCUT2D eigenvalue weighted by molar-refractivity contribution is 0.00578. The first kappa shape index (κ1) is 19.8. The van der Waals surface area contributed by atoms with Crippen LogP contribution >= 0.6 is 0 Å². The van der Waals surface area contributed by atoms with Crippen LogP contribution < -0.4 is 4.74 Å². The molecule has 0 aliphatic carbocycles. The average molecular weight is 342 g/mol. The fourth-order valence-electron chi connectivity index (χ4n) is 2.65. The molecule has 0 N–H and O–H groups in total. The molecule has 1 aromatic carbocycles. The smallest absolute Gasteiger partial charge is 0.487 e. The van der Waals surface area contributed by atoms with E-state index < -0.39 is 0 Å². The van der Waals surface area contributed by atoms with Gasteiger partial charge in [-0.05, 0) is 58.2 Å². The lowest BCUT2D eigenvalue weighted by Gasteiger charge is -2.32. The molecule has 0 spiro atoms. The van der Waals surface area contributed by atoms with Crippen molar-refractivity contribution >= 4 is 13.2 Å². The molecule has 136 valence electrons. The zero-order valence-electron chi connectivity index (χ0n) is 16.5. The first-order valence-electron chi connectivity index (χ1n) is 9.16. The molecule has 0 bridgehead atoms. The van der Waals surface area contributed by atoms with E-state index in [1.807, 2.05) is 12.1 Å². The Labute approximate surface area is 153 Å². The first-order chi connectivity index (χ1) is 11.8. The Hall–Kier alpha value is -1.52. The Kier molecular flexibility index (Phi) is 6.53. The van der Waals surface area contributed by atoms with E-state index >= 15 is 0 Å². The van der Waals surface area contributed by atoms with Gasteiger partial charge in [-0.25, -0.2) is 0 Å². The highest BCUT2D eigenvalue weighted by molar-refractivity contribution is 6.52. The van der Waals surface area contributed by atoms with Crippen molar-refractivity contribution in [2.75, 3.05) is 7.11 Å². The van der Waals surface area contributed by atoms with Gasteiger partial charge in [0.15, 0.2) is 0 Å². The van der Waals surface area contributed by atoms with Gasteiger partial charge >= 0.3 is 7.12 Å². The fraction of sp³-hybridized carbons (Fsp3) is 0.524. The van der Waals surface area contributed by atoms with Gasteiger partial charge in [0.2, 0.25) is 0 Å². The van der Waals surface area contributed by atoms with E-state index in [1.165, 1.54) is 5.57 Å². The van der Waals surface area contributed by atoms with Crippen LogP contribution in [0, 0.1) is 0 Å². The predicted octanol–water partition coefficient (Wildman–Crippen LogP) is 5.46. The number of hydrogen-bond donors (Lipinski definition) is 0. The van der Waals surface area contributed by atoms with E-state index in [4.69, 9.17) is 14.0 Å². The minimum absolute atomic E-state index is 0.294. The van der Waals surface area contributed by atoms with Crippen molar-refractivity contribution in [1.29, 1.82) is 0 Å². The molecular weight excluding hydrogens is 311 g/mol. The van der Waals surface area contributed by atoms with Gasteiger partial charge in [0.05, 0.1) is 18.3 Å². The second kappa shape index (κ2) is 8.24. The standard InChI is InChI=1S/C21H31BO3/c1-7-8-9-18(11-10-17-12-14-19(23-6)15-13-17)16-22-24-20(2,3)21(4,5)25-22/h10-16H,7-9H2,1-6H3/b11-10+,18-16-. The van der Waals surface area contributed by atoms with E-state index in [2.05, 4.69) is 64.9 Å². The summed E-state index contributed by atoms with van der Waals surface area (Å²) < 4.78 is 17.4. The van der Waals surface area contributed by atoms with E-state index in [9.17, 15) is 0 Å². The molecule has 0 saturated carbocycles. The number of ether oxygens (including phenoxy) is 1. The average Bonchev–Trinajstić information content (AvgIpc) is 2.77. The summed E-state index contributed by atoms with van der Waals surface area (Å²) >= 11 is 0. The zero-order valence-corrected chi connectivity index (χ0v) is 16.5. The number of unbranched alkanes of at least 4 members (excludes halogenated alkanes) is 1. The molecule has 0 aromatic heterocycles. The second-order valence-corrected chi connectivity index (χ2v) is 7.58. The lowest BCUT2D eigenvalue weighted by atomic mass is 9.85. The maximum atomic E-state index is 6.11. The Balaban J connectivity index is 2.13. The van der Waals surface area contributed by atoms with Crippen molar-refractivity contribution < 1.29 is 14.0 Å². The van der Waals surface area contributed by atoms with E-state index in [0.717, 1.165) is 30.6 Å². The zero-order chi connectivity index (χ0) is 18.5. The monoisotopic (exact) mass is 342 g/mol. The summed E-state index contributed by atoms with van der Waals surface area (Å²) in [6, 6.07) is 8.07. The van der Waals surface area contributed by atoms with Gasteiger partial charge in [-0.2, -0.15) is 0 Å². The van der Waals surface area contributed by atoms with Crippen molar-refractivity contribution in [3.8, 4) is 5.75 Å². The summed E-state index contributed by atoms with van der Waals surface area (Å²) in [5, 5.41) is 0. The van der Waals surface area contributed by atoms with Crippen LogP contribution in [0.25, 0.3) is 6.08 Å². The summed E-state index contributed by atoms with van der Waals surface area (Å²) in [4.78, 5) is 0. The van der Waals surface area contributed by atoms with Gasteiger partial charge in [0.25, 0.3) is 0 Å². The third kappa shape index (κ3) is 5.23. The molecule has 1 fully saturated rings. The molecule has 1 heterocycles. The highest BCUT2D eigenvalue weighted by Crippen LogP contribution is 2.37. The van der Waals surface area contributed by atoms with Gasteiger partial charge in [-0.15, -0.1) is 0 Å². The molecule has 1 aliphatic rings. The summed E-state index contributed by atoms with van der Waals surface area (Å²) in [5.74, 6) is 2.99. The normalized spacial score (nSPS) is 19.6. The molecule has 0 unspecified atom stereocenters. The Bertz CT molecular complexity index is 599. The quantitative estimate of drug-likeness (QED) is 0.487. The third-order valence-electron chi connectivity index (χ3n) is 5.05. The molecule has 1 aliphatic heterocycles. The van der Waals surface area contributed by atoms with Crippen molar-refractivity contribution in [3.63, 3.8) is 0 Å². The molecule has 2 rings (SSSR count). The van der Waals surface area contributed by atoms with Crippen LogP contribution in [0.3, 0.4) is 0 Å². The highest BCUT2D eigenvalue weighted by Gasteiger charge is 2.50. The van der Waals surface area contributed by atoms with Gasteiger partial charge in [0.1, 0.15) is 5.75 Å². The maximum absolute atomic E-state index is 6.11. The fourth-order valence-corrected chi connectivity index (χ4v) is 2.65. The third-order valence-corrected chi connectivity index (χ3v) is 5.05. The Morgan fingerprint density at radius 1 is 1.08 bits per heavy atom. The number of benzene rings is 1. The molecule has 1 aromatic rings. The van der Waals surface area contributed by atoms with Crippen molar-refractivity contribution in [1.82, 2.24) is 0 Å². The van der Waals surface area contributed by atoms with Crippen LogP contribution in [0.1, 0.15) is 59.4 Å². The van der Waals surface area contributed by atoms with Crippen LogP contribution in [-0.4, -0.2) is 25.4 Å². The SMILES string of the molecule is CCCCC(=C/B1OC(C)(C)C(C)(C)O1)/C=C/c1ccc(OC)cc1. The molecule has 0 amide bonds. The van der Waals surface area contributed by atoms with Crippen LogP contribution in [-0.2, 0) is 9.31 Å². The van der Waals surface area contributed by atoms with Crippen molar-refractivity contribution in [2.45, 2.75) is 65.1 Å². The predicted molar refractivity (Wildman–Crippen MR) is 106 cm³/mol. The Morgan fingerprint density at radius 3 is 2.20 bits per heavy atom. The van der Waals surface area contributed by atoms with Crippen molar-refractivity contribution in [2.24, 2.45) is 0 Å². The molecule has 1 saturated heterocycles. The minimum Gasteiger partial charge on any atom is -0.497 e. The molecule has 0 atom stereocenters. The number of hydrogen-bond acceptors (Lipinski definition) is 3. The van der Waals surface area contributed by atoms with Gasteiger partial charge < -0.3 is 14.0 Å². The number of rotatable bonds is 7. The molecule has 0 radical (unpaired) electrons.